The molecule has 1 aliphatic heterocycles. The van der Waals surface area contributed by atoms with E-state index >= 15 is 0 Å². The molecule has 0 saturated carbocycles. The standard InChI is InChI=1S/C15H20Br2N2OS/c1-10(2)3-6-19-7-4-11(5-8-19)18-15(20)13-9-12(16)14(17)21-13/h3,9,11H,4-8H2,1-2H3,(H,18,20). The van der Waals surface area contributed by atoms with Gasteiger partial charge in [0.25, 0.3) is 5.91 Å². The number of carbonyl (C=O) groups is 1. The van der Waals surface area contributed by atoms with Crippen molar-refractivity contribution in [2.75, 3.05) is 19.6 Å². The van der Waals surface area contributed by atoms with Gasteiger partial charge in [0.2, 0.25) is 0 Å². The molecule has 3 nitrogen and oxygen atoms in total. The van der Waals surface area contributed by atoms with E-state index in [-0.39, 0.29) is 5.91 Å². The van der Waals surface area contributed by atoms with E-state index < -0.39 is 0 Å². The van der Waals surface area contributed by atoms with Gasteiger partial charge in [0.05, 0.1) is 8.66 Å². The van der Waals surface area contributed by atoms with Gasteiger partial charge in [0, 0.05) is 30.1 Å². The van der Waals surface area contributed by atoms with Gasteiger partial charge < -0.3 is 5.32 Å². The number of nitrogens with one attached hydrogen (secondary N) is 1. The summed E-state index contributed by atoms with van der Waals surface area (Å²) >= 11 is 8.31. The van der Waals surface area contributed by atoms with Crippen molar-refractivity contribution in [3.8, 4) is 0 Å². The predicted molar refractivity (Wildman–Crippen MR) is 96.1 cm³/mol. The zero-order chi connectivity index (χ0) is 15.4. The molecule has 6 heteroatoms. The summed E-state index contributed by atoms with van der Waals surface area (Å²) in [7, 11) is 0. The Kier molecular flexibility index (Phi) is 6.47. The molecular weight excluding hydrogens is 416 g/mol. The molecule has 0 bridgehead atoms. The highest BCUT2D eigenvalue weighted by atomic mass is 79.9. The summed E-state index contributed by atoms with van der Waals surface area (Å²) in [6.45, 7) is 7.38. The summed E-state index contributed by atoms with van der Waals surface area (Å²) in [6, 6.07) is 2.16. The van der Waals surface area contributed by atoms with E-state index in [0.717, 1.165) is 45.6 Å². The Hall–Kier alpha value is -0.170. The Morgan fingerprint density at radius 1 is 1.43 bits per heavy atom. The second kappa shape index (κ2) is 7.90. The lowest BCUT2D eigenvalue weighted by molar-refractivity contribution is 0.0918. The van der Waals surface area contributed by atoms with Gasteiger partial charge in [-0.1, -0.05) is 11.6 Å². The maximum atomic E-state index is 12.2. The topological polar surface area (TPSA) is 32.3 Å². The van der Waals surface area contributed by atoms with Crippen LogP contribution in [0.25, 0.3) is 0 Å². The van der Waals surface area contributed by atoms with Gasteiger partial charge in [0.15, 0.2) is 0 Å². The fourth-order valence-electron chi connectivity index (χ4n) is 2.29. The molecule has 0 unspecified atom stereocenters. The molecule has 0 atom stereocenters. The highest BCUT2D eigenvalue weighted by Crippen LogP contribution is 2.32. The number of halogens is 2. The second-order valence-electron chi connectivity index (χ2n) is 5.56. The summed E-state index contributed by atoms with van der Waals surface area (Å²) in [5, 5.41) is 3.15. The van der Waals surface area contributed by atoms with Crippen LogP contribution in [0.15, 0.2) is 26.0 Å². The predicted octanol–water partition coefficient (Wildman–Crippen LogP) is 4.43. The van der Waals surface area contributed by atoms with Crippen molar-refractivity contribution in [2.24, 2.45) is 0 Å². The van der Waals surface area contributed by atoms with Gasteiger partial charge in [-0.15, -0.1) is 11.3 Å². The third kappa shape index (κ3) is 5.20. The molecule has 1 aromatic heterocycles. The lowest BCUT2D eigenvalue weighted by Gasteiger charge is -2.31. The van der Waals surface area contributed by atoms with Crippen molar-refractivity contribution in [1.82, 2.24) is 10.2 Å². The van der Waals surface area contributed by atoms with E-state index in [4.69, 9.17) is 0 Å². The quantitative estimate of drug-likeness (QED) is 0.709. The Labute approximate surface area is 147 Å². The van der Waals surface area contributed by atoms with Crippen LogP contribution in [0.5, 0.6) is 0 Å². The maximum absolute atomic E-state index is 12.2. The number of amides is 1. The van der Waals surface area contributed by atoms with E-state index in [0.29, 0.717) is 6.04 Å². The molecule has 0 radical (unpaired) electrons. The van der Waals surface area contributed by atoms with Crippen molar-refractivity contribution in [3.05, 3.63) is 30.9 Å². The van der Waals surface area contributed by atoms with Crippen molar-refractivity contribution in [2.45, 2.75) is 32.7 Å². The minimum Gasteiger partial charge on any atom is -0.349 e. The number of hydrogen-bond acceptors (Lipinski definition) is 3. The molecule has 2 rings (SSSR count). The van der Waals surface area contributed by atoms with Gasteiger partial charge in [0.1, 0.15) is 0 Å². The largest absolute Gasteiger partial charge is 0.349 e. The second-order valence-corrected chi connectivity index (χ2v) is 8.79. The van der Waals surface area contributed by atoms with Gasteiger partial charge >= 0.3 is 0 Å². The molecule has 1 amide bonds. The highest BCUT2D eigenvalue weighted by Gasteiger charge is 2.21. The maximum Gasteiger partial charge on any atom is 0.261 e. The SMILES string of the molecule is CC(C)=CCN1CCC(NC(=O)c2cc(Br)c(Br)s2)CC1. The molecule has 1 aliphatic rings. The lowest BCUT2D eigenvalue weighted by Crippen LogP contribution is -2.44. The lowest BCUT2D eigenvalue weighted by atomic mass is 10.0. The van der Waals surface area contributed by atoms with Crippen LogP contribution >= 0.6 is 43.2 Å². The summed E-state index contributed by atoms with van der Waals surface area (Å²) in [5.41, 5.74) is 1.36. The third-order valence-electron chi connectivity index (χ3n) is 3.55. The molecule has 1 saturated heterocycles. The molecule has 21 heavy (non-hydrogen) atoms. The fourth-order valence-corrected chi connectivity index (χ4v) is 4.23. The van der Waals surface area contributed by atoms with E-state index in [1.54, 1.807) is 0 Å². The molecule has 0 aliphatic carbocycles. The van der Waals surface area contributed by atoms with Crippen molar-refractivity contribution < 1.29 is 4.79 Å². The summed E-state index contributed by atoms with van der Waals surface area (Å²) in [4.78, 5) is 15.4. The summed E-state index contributed by atoms with van der Waals surface area (Å²) in [6.07, 6.45) is 4.31. The Bertz CT molecular complexity index is 510. The van der Waals surface area contributed by atoms with Crippen LogP contribution in [0.4, 0.5) is 0 Å². The van der Waals surface area contributed by atoms with Crippen LogP contribution < -0.4 is 5.32 Å². The number of allylic oxidation sites excluding steroid dienone is 1. The zero-order valence-electron chi connectivity index (χ0n) is 12.3. The summed E-state index contributed by atoms with van der Waals surface area (Å²) in [5.74, 6) is 0.0362. The Morgan fingerprint density at radius 2 is 2.10 bits per heavy atom. The number of piperidine rings is 1. The minimum absolute atomic E-state index is 0.0362. The average Bonchev–Trinajstić information content (AvgIpc) is 2.78. The monoisotopic (exact) mass is 434 g/mol. The first-order valence-electron chi connectivity index (χ1n) is 7.07. The molecule has 116 valence electrons. The normalized spacial score (nSPS) is 16.8. The number of nitrogens with zero attached hydrogens (tertiary/aromatic N) is 1. The van der Waals surface area contributed by atoms with Gasteiger partial charge in [-0.05, 0) is 64.6 Å². The smallest absolute Gasteiger partial charge is 0.261 e. The Balaban J connectivity index is 1.80. The van der Waals surface area contributed by atoms with Crippen LogP contribution in [0.1, 0.15) is 36.4 Å². The first kappa shape index (κ1) is 17.2. The first-order chi connectivity index (χ1) is 9.95. The molecule has 2 heterocycles. The number of carbonyl (C=O) groups excluding carboxylic acids is 1. The van der Waals surface area contributed by atoms with Crippen LogP contribution in [-0.4, -0.2) is 36.5 Å². The van der Waals surface area contributed by atoms with E-state index in [1.807, 2.05) is 6.07 Å². The number of thiophene rings is 1. The molecule has 1 aromatic rings. The van der Waals surface area contributed by atoms with E-state index in [2.05, 4.69) is 62.0 Å². The molecule has 0 aromatic carbocycles. The number of hydrogen-bond donors (Lipinski definition) is 1. The van der Waals surface area contributed by atoms with E-state index in [9.17, 15) is 4.79 Å². The van der Waals surface area contributed by atoms with Crippen LogP contribution in [0, 0.1) is 0 Å². The van der Waals surface area contributed by atoms with E-state index in [1.165, 1.54) is 16.9 Å². The highest BCUT2D eigenvalue weighted by molar-refractivity contribution is 9.13. The fraction of sp³-hybridized carbons (Fsp3) is 0.533. The number of rotatable bonds is 4. The van der Waals surface area contributed by atoms with Crippen LogP contribution in [0.2, 0.25) is 0 Å². The van der Waals surface area contributed by atoms with Crippen LogP contribution in [0.3, 0.4) is 0 Å². The first-order valence-corrected chi connectivity index (χ1v) is 9.47. The van der Waals surface area contributed by atoms with Crippen molar-refractivity contribution in [1.29, 1.82) is 0 Å². The molecular formula is C15H20Br2N2OS. The van der Waals surface area contributed by atoms with Crippen LogP contribution in [-0.2, 0) is 0 Å². The number of likely N-dealkylation sites (tertiary alicyclic amines) is 1. The van der Waals surface area contributed by atoms with Gasteiger partial charge in [-0.25, -0.2) is 0 Å². The minimum atomic E-state index is 0.0362. The summed E-state index contributed by atoms with van der Waals surface area (Å²) < 4.78 is 1.90. The molecule has 1 N–H and O–H groups in total. The zero-order valence-corrected chi connectivity index (χ0v) is 16.3. The van der Waals surface area contributed by atoms with Crippen molar-refractivity contribution >= 4 is 49.1 Å². The molecule has 0 spiro atoms. The average molecular weight is 436 g/mol. The molecule has 1 fully saturated rings. The van der Waals surface area contributed by atoms with Gasteiger partial charge in [-0.2, -0.15) is 0 Å². The third-order valence-corrected chi connectivity index (χ3v) is 6.80. The Morgan fingerprint density at radius 3 is 2.62 bits per heavy atom. The van der Waals surface area contributed by atoms with Gasteiger partial charge in [-0.3, -0.25) is 9.69 Å². The van der Waals surface area contributed by atoms with Crippen molar-refractivity contribution in [3.63, 3.8) is 0 Å².